The normalized spacial score (nSPS) is 23.7. The Hall–Kier alpha value is -3.40. The number of anilines is 2. The topological polar surface area (TPSA) is 97.4 Å². The fourth-order valence-corrected chi connectivity index (χ4v) is 6.79. The van der Waals surface area contributed by atoms with Crippen LogP contribution in [-0.2, 0) is 0 Å². The van der Waals surface area contributed by atoms with Gasteiger partial charge in [0.05, 0.1) is 28.2 Å². The van der Waals surface area contributed by atoms with Crippen LogP contribution in [0.3, 0.4) is 0 Å². The van der Waals surface area contributed by atoms with Gasteiger partial charge in [-0.15, -0.1) is 0 Å². The lowest BCUT2D eigenvalue weighted by Crippen LogP contribution is -2.49. The van der Waals surface area contributed by atoms with Gasteiger partial charge in [0.25, 0.3) is 0 Å². The fourth-order valence-electron chi connectivity index (χ4n) is 6.56. The Morgan fingerprint density at radius 2 is 1.75 bits per heavy atom. The first kappa shape index (κ1) is 25.6. The Bertz CT molecular complexity index is 1520. The van der Waals surface area contributed by atoms with E-state index in [0.717, 1.165) is 78.3 Å². The molecule has 1 saturated heterocycles. The summed E-state index contributed by atoms with van der Waals surface area (Å²) in [5.74, 6) is 1.35. The number of piperazine rings is 1. The van der Waals surface area contributed by atoms with E-state index in [9.17, 15) is 0 Å². The van der Waals surface area contributed by atoms with Crippen LogP contribution in [0, 0.1) is 0 Å². The minimum atomic E-state index is 0.0459. The zero-order valence-electron chi connectivity index (χ0n) is 22.8. The van der Waals surface area contributed by atoms with Crippen LogP contribution in [0.1, 0.15) is 43.3 Å². The van der Waals surface area contributed by atoms with Crippen molar-refractivity contribution in [3.05, 3.63) is 59.4 Å². The fraction of sp³-hybridized carbons (Fsp3) is 0.433. The molecule has 7 rings (SSSR count). The molecule has 2 fully saturated rings. The number of rotatable bonds is 5. The molecule has 2 aliphatic heterocycles. The van der Waals surface area contributed by atoms with Gasteiger partial charge in [0.15, 0.2) is 5.65 Å². The summed E-state index contributed by atoms with van der Waals surface area (Å²) in [5, 5.41) is 10.1. The molecule has 0 radical (unpaired) electrons. The van der Waals surface area contributed by atoms with Gasteiger partial charge in [-0.3, -0.25) is 4.90 Å². The van der Waals surface area contributed by atoms with Crippen molar-refractivity contribution in [1.29, 1.82) is 0 Å². The van der Waals surface area contributed by atoms with Crippen LogP contribution in [0.4, 0.5) is 11.5 Å². The van der Waals surface area contributed by atoms with Crippen molar-refractivity contribution in [3.63, 3.8) is 0 Å². The maximum Gasteiger partial charge on any atom is 0.164 e. The largest absolute Gasteiger partial charge is 0.491 e. The first-order chi connectivity index (χ1) is 19.5. The van der Waals surface area contributed by atoms with E-state index < -0.39 is 0 Å². The minimum absolute atomic E-state index is 0.0459. The summed E-state index contributed by atoms with van der Waals surface area (Å²) in [5.41, 5.74) is 10.9. The summed E-state index contributed by atoms with van der Waals surface area (Å²) in [6.07, 6.45) is 6.03. The van der Waals surface area contributed by atoms with E-state index in [0.29, 0.717) is 23.5 Å². The Balaban J connectivity index is 1.14. The van der Waals surface area contributed by atoms with Crippen molar-refractivity contribution in [2.75, 3.05) is 50.9 Å². The number of fused-ring (bicyclic) bond motifs is 2. The van der Waals surface area contributed by atoms with Gasteiger partial charge >= 0.3 is 0 Å². The average Bonchev–Trinajstić information content (AvgIpc) is 3.57. The molecule has 1 atom stereocenters. The van der Waals surface area contributed by atoms with Crippen LogP contribution >= 0.6 is 11.6 Å². The first-order valence-electron chi connectivity index (χ1n) is 14.2. The Labute approximate surface area is 239 Å². The number of nitrogen functional groups attached to an aromatic ring is 1. The van der Waals surface area contributed by atoms with Crippen LogP contribution in [0.2, 0.25) is 5.02 Å². The molecule has 208 valence electrons. The van der Waals surface area contributed by atoms with Crippen molar-refractivity contribution >= 4 is 34.1 Å². The number of halogens is 1. The molecule has 4 heterocycles. The van der Waals surface area contributed by atoms with Crippen molar-refractivity contribution in [1.82, 2.24) is 29.5 Å². The van der Waals surface area contributed by atoms with Crippen LogP contribution in [-0.4, -0.2) is 75.4 Å². The zero-order valence-corrected chi connectivity index (χ0v) is 23.5. The van der Waals surface area contributed by atoms with Crippen LogP contribution in [0.25, 0.3) is 22.3 Å². The predicted octanol–water partition coefficient (Wildman–Crippen LogP) is 5.01. The number of nitrogens with two attached hydrogens (primary N) is 1. The number of para-hydroxylation sites is 1. The number of hydrogen-bond acceptors (Lipinski definition) is 8. The summed E-state index contributed by atoms with van der Waals surface area (Å²) in [6, 6.07) is 15.1. The van der Waals surface area contributed by atoms with Gasteiger partial charge in [-0.2, -0.15) is 5.10 Å². The zero-order chi connectivity index (χ0) is 27.2. The van der Waals surface area contributed by atoms with E-state index in [1.807, 2.05) is 36.4 Å². The lowest BCUT2D eigenvalue weighted by atomic mass is 9.90. The maximum absolute atomic E-state index is 6.82. The molecular weight excluding hydrogens is 524 g/mol. The maximum atomic E-state index is 6.82. The van der Waals surface area contributed by atoms with Gasteiger partial charge < -0.3 is 20.7 Å². The van der Waals surface area contributed by atoms with E-state index in [1.54, 1.807) is 0 Å². The molecule has 1 saturated carbocycles. The summed E-state index contributed by atoms with van der Waals surface area (Å²) < 4.78 is 7.93. The molecule has 0 bridgehead atoms. The van der Waals surface area contributed by atoms with Gasteiger partial charge in [0, 0.05) is 43.3 Å². The molecule has 10 heteroatoms. The number of likely N-dealkylation sites (N-methyl/N-ethyl adjacent to an activating group) is 1. The first-order valence-corrected chi connectivity index (χ1v) is 14.6. The quantitative estimate of drug-likeness (QED) is 0.353. The summed E-state index contributed by atoms with van der Waals surface area (Å²) in [6.45, 7) is 5.20. The number of ether oxygens (including phenoxy) is 1. The van der Waals surface area contributed by atoms with E-state index in [1.165, 1.54) is 19.2 Å². The van der Waals surface area contributed by atoms with Crippen molar-refractivity contribution in [2.45, 2.75) is 43.8 Å². The highest BCUT2D eigenvalue weighted by atomic mass is 35.5. The number of hydrogen-bond donors (Lipinski definition) is 2. The molecule has 0 spiro atoms. The third kappa shape index (κ3) is 4.66. The number of aromatic nitrogens is 4. The van der Waals surface area contributed by atoms with E-state index in [4.69, 9.17) is 27.2 Å². The Morgan fingerprint density at radius 3 is 2.55 bits per heavy atom. The lowest BCUT2D eigenvalue weighted by Gasteiger charge is -2.41. The Kier molecular flexibility index (Phi) is 6.73. The third-order valence-corrected chi connectivity index (χ3v) is 9.17. The van der Waals surface area contributed by atoms with E-state index in [2.05, 4.69) is 42.9 Å². The molecule has 9 nitrogen and oxygen atoms in total. The lowest BCUT2D eigenvalue weighted by molar-refractivity contribution is 0.0815. The van der Waals surface area contributed by atoms with Crippen molar-refractivity contribution in [2.24, 2.45) is 0 Å². The van der Waals surface area contributed by atoms with E-state index in [-0.39, 0.29) is 12.1 Å². The number of benzene rings is 2. The third-order valence-electron chi connectivity index (χ3n) is 8.86. The van der Waals surface area contributed by atoms with Gasteiger partial charge in [-0.25, -0.2) is 14.6 Å². The molecular formula is C30H35ClN8O. The molecule has 1 unspecified atom stereocenters. The molecule has 1 aliphatic carbocycles. The van der Waals surface area contributed by atoms with Crippen LogP contribution < -0.4 is 15.8 Å². The van der Waals surface area contributed by atoms with Crippen molar-refractivity contribution < 1.29 is 4.74 Å². The average molecular weight is 559 g/mol. The van der Waals surface area contributed by atoms with E-state index >= 15 is 0 Å². The molecule has 4 aromatic rings. The van der Waals surface area contributed by atoms with Gasteiger partial charge in [0.2, 0.25) is 0 Å². The minimum Gasteiger partial charge on any atom is -0.491 e. The highest BCUT2D eigenvalue weighted by molar-refractivity contribution is 6.33. The summed E-state index contributed by atoms with van der Waals surface area (Å²) in [4.78, 5) is 14.0. The van der Waals surface area contributed by atoms with Gasteiger partial charge in [-0.1, -0.05) is 35.9 Å². The standard InChI is InChI=1S/C30H35ClN8O/c1-37-12-14-38(15-13-37)20-7-9-21(10-8-20)39-30-27(29(32)33-18-34-30)28(36-39)19-6-11-24(23(31)16-19)35-25-17-40-26-5-3-2-4-22(25)26/h2-6,11,16,18,20-21,25,35H,7-10,12-15,17H2,1H3,(H2,32,33,34). The van der Waals surface area contributed by atoms with Crippen LogP contribution in [0.15, 0.2) is 48.8 Å². The second kappa shape index (κ2) is 10.5. The molecule has 2 aromatic carbocycles. The van der Waals surface area contributed by atoms with Crippen LogP contribution in [0.5, 0.6) is 5.75 Å². The highest BCUT2D eigenvalue weighted by Crippen LogP contribution is 2.40. The molecule has 3 aliphatic rings. The summed E-state index contributed by atoms with van der Waals surface area (Å²) >= 11 is 6.82. The second-order valence-electron chi connectivity index (χ2n) is 11.3. The molecule has 3 N–H and O–H groups in total. The molecule has 2 aromatic heterocycles. The monoisotopic (exact) mass is 558 g/mol. The summed E-state index contributed by atoms with van der Waals surface area (Å²) in [7, 11) is 2.21. The molecule has 0 amide bonds. The highest BCUT2D eigenvalue weighted by Gasteiger charge is 2.31. The second-order valence-corrected chi connectivity index (χ2v) is 11.7. The number of nitrogens with zero attached hydrogens (tertiary/aromatic N) is 6. The Morgan fingerprint density at radius 1 is 0.975 bits per heavy atom. The van der Waals surface area contributed by atoms with Crippen molar-refractivity contribution in [3.8, 4) is 17.0 Å². The van der Waals surface area contributed by atoms with Gasteiger partial charge in [0.1, 0.15) is 30.2 Å². The smallest absolute Gasteiger partial charge is 0.164 e. The number of nitrogens with one attached hydrogen (secondary N) is 1. The predicted molar refractivity (Wildman–Crippen MR) is 159 cm³/mol. The van der Waals surface area contributed by atoms with Gasteiger partial charge in [-0.05, 0) is 50.9 Å². The SMILES string of the molecule is CN1CCN(C2CCC(n3nc(-c4ccc(NC5COc6ccccc65)c(Cl)c4)c4c(N)ncnc43)CC2)CC1. The molecule has 40 heavy (non-hydrogen) atoms.